The van der Waals surface area contributed by atoms with Crippen molar-refractivity contribution in [3.63, 3.8) is 0 Å². The fourth-order valence-electron chi connectivity index (χ4n) is 3.20. The van der Waals surface area contributed by atoms with Gasteiger partial charge in [0.15, 0.2) is 0 Å². The van der Waals surface area contributed by atoms with Crippen molar-refractivity contribution in [1.29, 1.82) is 0 Å². The van der Waals surface area contributed by atoms with Gasteiger partial charge in [0.2, 0.25) is 0 Å². The zero-order valence-corrected chi connectivity index (χ0v) is 19.2. The SMILES string of the molecule is Cc1ccc(C(C)C)c(OCCOc2ccc(Br)cc2C2NC(C(=O)O)CS2)c1. The molecule has 2 aromatic rings. The summed E-state index contributed by atoms with van der Waals surface area (Å²) in [6.45, 7) is 7.19. The second-order valence-corrected chi connectivity index (χ2v) is 9.40. The Bertz CT molecular complexity index is 874. The first kappa shape index (κ1) is 22.0. The van der Waals surface area contributed by atoms with Crippen LogP contribution in [-0.4, -0.2) is 36.1 Å². The van der Waals surface area contributed by atoms with E-state index in [0.717, 1.165) is 27.1 Å². The van der Waals surface area contributed by atoms with Gasteiger partial charge in [-0.25, -0.2) is 0 Å². The number of carboxylic acid groups (broad SMARTS) is 1. The number of hydrogen-bond donors (Lipinski definition) is 2. The van der Waals surface area contributed by atoms with E-state index in [9.17, 15) is 9.90 Å². The Morgan fingerprint density at radius 1 is 1.21 bits per heavy atom. The number of halogens is 1. The predicted octanol–water partition coefficient (Wildman–Crippen LogP) is 5.13. The fourth-order valence-corrected chi connectivity index (χ4v) is 4.82. The highest BCUT2D eigenvalue weighted by Crippen LogP contribution is 2.39. The zero-order valence-electron chi connectivity index (χ0n) is 16.8. The molecule has 7 heteroatoms. The van der Waals surface area contributed by atoms with Crippen molar-refractivity contribution < 1.29 is 19.4 Å². The molecule has 1 fully saturated rings. The van der Waals surface area contributed by atoms with Crippen molar-refractivity contribution in [1.82, 2.24) is 5.32 Å². The van der Waals surface area contributed by atoms with Crippen LogP contribution in [0.1, 0.15) is 41.8 Å². The minimum atomic E-state index is -0.829. The molecule has 3 rings (SSSR count). The number of aryl methyl sites for hydroxylation is 1. The Morgan fingerprint density at radius 3 is 2.59 bits per heavy atom. The highest BCUT2D eigenvalue weighted by molar-refractivity contribution is 9.10. The molecule has 1 heterocycles. The summed E-state index contributed by atoms with van der Waals surface area (Å²) >= 11 is 5.07. The zero-order chi connectivity index (χ0) is 21.0. The van der Waals surface area contributed by atoms with Crippen LogP contribution in [0, 0.1) is 6.92 Å². The average Bonchev–Trinajstić information content (AvgIpc) is 3.16. The normalized spacial score (nSPS) is 18.8. The van der Waals surface area contributed by atoms with E-state index in [-0.39, 0.29) is 5.37 Å². The molecule has 0 bridgehead atoms. The standard InChI is InChI=1S/C22H26BrNO4S/c1-13(2)16-6-4-14(3)10-20(16)28-9-8-27-19-7-5-15(23)11-17(19)21-24-18(12-29-21)22(25)26/h4-7,10-11,13,18,21,24H,8-9,12H2,1-3H3,(H,25,26). The van der Waals surface area contributed by atoms with Crippen LogP contribution >= 0.6 is 27.7 Å². The maximum atomic E-state index is 11.2. The van der Waals surface area contributed by atoms with Gasteiger partial charge < -0.3 is 14.6 Å². The van der Waals surface area contributed by atoms with Crippen LogP contribution < -0.4 is 14.8 Å². The molecule has 1 saturated heterocycles. The van der Waals surface area contributed by atoms with E-state index in [1.165, 1.54) is 5.56 Å². The third-order valence-corrected chi connectivity index (χ3v) is 6.47. The molecule has 1 aliphatic rings. The second kappa shape index (κ2) is 9.87. The molecule has 1 aliphatic heterocycles. The number of carboxylic acids is 1. The largest absolute Gasteiger partial charge is 0.490 e. The van der Waals surface area contributed by atoms with Crippen LogP contribution in [0.25, 0.3) is 0 Å². The predicted molar refractivity (Wildman–Crippen MR) is 120 cm³/mol. The summed E-state index contributed by atoms with van der Waals surface area (Å²) in [5.41, 5.74) is 3.29. The number of nitrogens with one attached hydrogen (secondary N) is 1. The molecule has 0 aliphatic carbocycles. The van der Waals surface area contributed by atoms with Crippen LogP contribution in [-0.2, 0) is 4.79 Å². The van der Waals surface area contributed by atoms with E-state index in [0.29, 0.717) is 24.9 Å². The van der Waals surface area contributed by atoms with Crippen molar-refractivity contribution in [2.24, 2.45) is 0 Å². The van der Waals surface area contributed by atoms with Crippen molar-refractivity contribution in [2.75, 3.05) is 19.0 Å². The summed E-state index contributed by atoms with van der Waals surface area (Å²) in [6.07, 6.45) is 0. The van der Waals surface area contributed by atoms with Gasteiger partial charge in [0, 0.05) is 15.8 Å². The number of benzene rings is 2. The number of hydrogen-bond acceptors (Lipinski definition) is 5. The van der Waals surface area contributed by atoms with Gasteiger partial charge in [-0.15, -0.1) is 11.8 Å². The van der Waals surface area contributed by atoms with Crippen molar-refractivity contribution in [2.45, 2.75) is 38.1 Å². The van der Waals surface area contributed by atoms with Gasteiger partial charge in [-0.1, -0.05) is 41.9 Å². The van der Waals surface area contributed by atoms with Gasteiger partial charge in [0.1, 0.15) is 30.8 Å². The third kappa shape index (κ3) is 5.68. The van der Waals surface area contributed by atoms with Gasteiger partial charge in [-0.05, 0) is 48.2 Å². The van der Waals surface area contributed by atoms with Crippen LogP contribution in [0.15, 0.2) is 40.9 Å². The molecule has 0 aromatic heterocycles. The van der Waals surface area contributed by atoms with Crippen LogP contribution in [0.4, 0.5) is 0 Å². The summed E-state index contributed by atoms with van der Waals surface area (Å²) in [7, 11) is 0. The lowest BCUT2D eigenvalue weighted by atomic mass is 10.0. The molecule has 0 saturated carbocycles. The van der Waals surface area contributed by atoms with Gasteiger partial charge in [-0.3, -0.25) is 10.1 Å². The summed E-state index contributed by atoms with van der Waals surface area (Å²) in [6, 6.07) is 11.5. The third-order valence-electron chi connectivity index (χ3n) is 4.72. The van der Waals surface area contributed by atoms with Crippen LogP contribution in [0.5, 0.6) is 11.5 Å². The van der Waals surface area contributed by atoms with Gasteiger partial charge in [0.25, 0.3) is 0 Å². The summed E-state index contributed by atoms with van der Waals surface area (Å²) < 4.78 is 12.9. The first-order valence-electron chi connectivity index (χ1n) is 9.61. The van der Waals surface area contributed by atoms with E-state index in [4.69, 9.17) is 9.47 Å². The highest BCUT2D eigenvalue weighted by Gasteiger charge is 2.32. The Kier molecular flexibility index (Phi) is 7.49. The number of thioether (sulfide) groups is 1. The van der Waals surface area contributed by atoms with Gasteiger partial charge in [-0.2, -0.15) is 0 Å². The number of carbonyl (C=O) groups is 1. The molecule has 2 atom stereocenters. The summed E-state index contributed by atoms with van der Waals surface area (Å²) in [5.74, 6) is 1.72. The lowest BCUT2D eigenvalue weighted by molar-refractivity contribution is -0.138. The molecule has 0 amide bonds. The average molecular weight is 480 g/mol. The topological polar surface area (TPSA) is 67.8 Å². The van der Waals surface area contributed by atoms with Crippen molar-refractivity contribution in [3.05, 3.63) is 57.6 Å². The Balaban J connectivity index is 1.63. The Labute approximate surface area is 184 Å². The van der Waals surface area contributed by atoms with E-state index in [1.54, 1.807) is 11.8 Å². The van der Waals surface area contributed by atoms with Crippen molar-refractivity contribution in [3.8, 4) is 11.5 Å². The highest BCUT2D eigenvalue weighted by atomic mass is 79.9. The van der Waals surface area contributed by atoms with Crippen LogP contribution in [0.2, 0.25) is 0 Å². The molecule has 156 valence electrons. The molecule has 5 nitrogen and oxygen atoms in total. The summed E-state index contributed by atoms with van der Waals surface area (Å²) in [4.78, 5) is 11.2. The van der Waals surface area contributed by atoms with Gasteiger partial charge >= 0.3 is 5.97 Å². The molecule has 0 radical (unpaired) electrons. The quantitative estimate of drug-likeness (QED) is 0.511. The lowest BCUT2D eigenvalue weighted by Gasteiger charge is -2.18. The maximum Gasteiger partial charge on any atom is 0.321 e. The first-order chi connectivity index (χ1) is 13.8. The number of rotatable bonds is 8. The minimum absolute atomic E-state index is 0.117. The van der Waals surface area contributed by atoms with E-state index >= 15 is 0 Å². The Hall–Kier alpha value is -1.70. The van der Waals surface area contributed by atoms with E-state index in [2.05, 4.69) is 60.2 Å². The minimum Gasteiger partial charge on any atom is -0.490 e. The van der Waals surface area contributed by atoms with E-state index in [1.807, 2.05) is 18.2 Å². The smallest absolute Gasteiger partial charge is 0.321 e. The molecule has 2 unspecified atom stereocenters. The summed E-state index contributed by atoms with van der Waals surface area (Å²) in [5, 5.41) is 12.3. The molecule has 2 aromatic carbocycles. The van der Waals surface area contributed by atoms with Crippen LogP contribution in [0.3, 0.4) is 0 Å². The molecular weight excluding hydrogens is 454 g/mol. The van der Waals surface area contributed by atoms with Crippen molar-refractivity contribution >= 4 is 33.7 Å². The monoisotopic (exact) mass is 479 g/mol. The fraction of sp³-hybridized carbons (Fsp3) is 0.409. The molecule has 0 spiro atoms. The number of ether oxygens (including phenoxy) is 2. The van der Waals surface area contributed by atoms with Gasteiger partial charge in [0.05, 0.1) is 5.37 Å². The Morgan fingerprint density at radius 2 is 1.93 bits per heavy atom. The first-order valence-corrected chi connectivity index (χ1v) is 11.5. The van der Waals surface area contributed by atoms with E-state index < -0.39 is 12.0 Å². The lowest BCUT2D eigenvalue weighted by Crippen LogP contribution is -2.33. The second-order valence-electron chi connectivity index (χ2n) is 7.35. The number of aliphatic carboxylic acids is 1. The molecular formula is C22H26BrNO4S. The molecule has 29 heavy (non-hydrogen) atoms. The maximum absolute atomic E-state index is 11.2. The molecule has 2 N–H and O–H groups in total.